The van der Waals surface area contributed by atoms with Crippen molar-refractivity contribution in [3.05, 3.63) is 53.9 Å². The number of pyridine rings is 1. The van der Waals surface area contributed by atoms with E-state index in [0.717, 1.165) is 4.90 Å². The van der Waals surface area contributed by atoms with Crippen LogP contribution in [0, 0.1) is 5.92 Å². The number of anilines is 2. The molecule has 7 nitrogen and oxygen atoms in total. The van der Waals surface area contributed by atoms with Gasteiger partial charge in [-0.05, 0) is 43.2 Å². The van der Waals surface area contributed by atoms with Gasteiger partial charge in [0.2, 0.25) is 5.91 Å². The molecule has 1 N–H and O–H groups in total. The number of benzene rings is 1. The fourth-order valence-corrected chi connectivity index (χ4v) is 3.23. The third-order valence-electron chi connectivity index (χ3n) is 4.61. The minimum absolute atomic E-state index is 0.0746. The van der Waals surface area contributed by atoms with E-state index in [4.69, 9.17) is 4.74 Å². The molecule has 4 rings (SSSR count). The molecule has 2 aliphatic heterocycles. The number of amides is 3. The van der Waals surface area contributed by atoms with Gasteiger partial charge in [-0.2, -0.15) is 0 Å². The smallest absolute Gasteiger partial charge is 0.284 e. The molecule has 2 aromatic rings. The summed E-state index contributed by atoms with van der Waals surface area (Å²) in [6.07, 6.45) is 2.86. The van der Waals surface area contributed by atoms with Gasteiger partial charge in [0.05, 0.1) is 11.3 Å². The highest BCUT2D eigenvalue weighted by molar-refractivity contribution is 6.33. The third-order valence-corrected chi connectivity index (χ3v) is 4.61. The van der Waals surface area contributed by atoms with E-state index in [1.807, 2.05) is 0 Å². The van der Waals surface area contributed by atoms with Gasteiger partial charge in [0.1, 0.15) is 5.69 Å². The van der Waals surface area contributed by atoms with Crippen LogP contribution in [0.25, 0.3) is 0 Å². The van der Waals surface area contributed by atoms with Crippen LogP contribution in [0.3, 0.4) is 0 Å². The standard InChI is InChI=1S/C19H17N3O4/c23-17(12-6-9-26-10-7-12)21-13-3-1-4-14(11-13)22-18(24)15-5-2-8-20-16(15)19(22)25/h1-5,8,11-12H,6-7,9-10H2,(H,21,23). The van der Waals surface area contributed by atoms with Crippen molar-refractivity contribution < 1.29 is 19.1 Å². The van der Waals surface area contributed by atoms with Crippen molar-refractivity contribution in [3.8, 4) is 0 Å². The first-order valence-corrected chi connectivity index (χ1v) is 8.47. The molecule has 0 atom stereocenters. The topological polar surface area (TPSA) is 88.6 Å². The van der Waals surface area contributed by atoms with Crippen molar-refractivity contribution >= 4 is 29.1 Å². The maximum Gasteiger partial charge on any atom is 0.284 e. The molecule has 0 spiro atoms. The Bertz CT molecular complexity index is 855. The number of carbonyl (C=O) groups excluding carboxylic acids is 3. The van der Waals surface area contributed by atoms with E-state index < -0.39 is 11.8 Å². The van der Waals surface area contributed by atoms with Crippen LogP contribution >= 0.6 is 0 Å². The number of nitrogens with zero attached hydrogens (tertiary/aromatic N) is 2. The second-order valence-corrected chi connectivity index (χ2v) is 6.27. The van der Waals surface area contributed by atoms with E-state index >= 15 is 0 Å². The quantitative estimate of drug-likeness (QED) is 0.857. The van der Waals surface area contributed by atoms with Crippen molar-refractivity contribution in [3.63, 3.8) is 0 Å². The summed E-state index contributed by atoms with van der Waals surface area (Å²) in [7, 11) is 0. The number of aromatic nitrogens is 1. The second kappa shape index (κ2) is 6.68. The predicted molar refractivity (Wildman–Crippen MR) is 94.0 cm³/mol. The monoisotopic (exact) mass is 351 g/mol. The Morgan fingerprint density at radius 3 is 2.69 bits per heavy atom. The first-order valence-electron chi connectivity index (χ1n) is 8.47. The Morgan fingerprint density at radius 1 is 1.12 bits per heavy atom. The molecule has 26 heavy (non-hydrogen) atoms. The molecule has 0 aliphatic carbocycles. The van der Waals surface area contributed by atoms with E-state index in [1.165, 1.54) is 6.20 Å². The van der Waals surface area contributed by atoms with Gasteiger partial charge in [-0.1, -0.05) is 6.07 Å². The van der Waals surface area contributed by atoms with Crippen LogP contribution in [-0.2, 0) is 9.53 Å². The highest BCUT2D eigenvalue weighted by atomic mass is 16.5. The van der Waals surface area contributed by atoms with E-state index in [-0.39, 0.29) is 23.1 Å². The van der Waals surface area contributed by atoms with Gasteiger partial charge in [-0.3, -0.25) is 19.4 Å². The van der Waals surface area contributed by atoms with E-state index in [2.05, 4.69) is 10.3 Å². The predicted octanol–water partition coefficient (Wildman–Crippen LogP) is 2.25. The maximum absolute atomic E-state index is 12.6. The van der Waals surface area contributed by atoms with Crippen molar-refractivity contribution in [2.75, 3.05) is 23.4 Å². The molecule has 1 fully saturated rings. The van der Waals surface area contributed by atoms with Crippen LogP contribution in [0.15, 0.2) is 42.6 Å². The Labute approximate surface area is 150 Å². The van der Waals surface area contributed by atoms with Crippen molar-refractivity contribution in [2.24, 2.45) is 5.92 Å². The molecule has 3 heterocycles. The number of hydrogen-bond acceptors (Lipinski definition) is 5. The molecule has 0 unspecified atom stereocenters. The molecule has 0 bridgehead atoms. The number of nitrogens with one attached hydrogen (secondary N) is 1. The normalized spacial score (nSPS) is 17.3. The zero-order valence-corrected chi connectivity index (χ0v) is 14.0. The number of ether oxygens (including phenoxy) is 1. The fraction of sp³-hybridized carbons (Fsp3) is 0.263. The molecular formula is C19H17N3O4. The van der Waals surface area contributed by atoms with Gasteiger partial charge < -0.3 is 10.1 Å². The zero-order chi connectivity index (χ0) is 18.1. The van der Waals surface area contributed by atoms with Crippen LogP contribution in [0.2, 0.25) is 0 Å². The van der Waals surface area contributed by atoms with Gasteiger partial charge >= 0.3 is 0 Å². The lowest BCUT2D eigenvalue weighted by molar-refractivity contribution is -0.122. The molecule has 1 aromatic heterocycles. The minimum atomic E-state index is -0.460. The molecular weight excluding hydrogens is 334 g/mol. The van der Waals surface area contributed by atoms with Crippen LogP contribution < -0.4 is 10.2 Å². The van der Waals surface area contributed by atoms with Gasteiger partial charge in [-0.25, -0.2) is 4.90 Å². The van der Waals surface area contributed by atoms with Crippen LogP contribution in [0.4, 0.5) is 11.4 Å². The molecule has 0 radical (unpaired) electrons. The first-order chi connectivity index (χ1) is 12.6. The molecule has 2 aliphatic rings. The highest BCUT2D eigenvalue weighted by Gasteiger charge is 2.37. The summed E-state index contributed by atoms with van der Waals surface area (Å²) >= 11 is 0. The molecule has 3 amide bonds. The minimum Gasteiger partial charge on any atom is -0.381 e. The maximum atomic E-state index is 12.6. The number of imide groups is 1. The molecule has 1 saturated heterocycles. The average Bonchev–Trinajstić information content (AvgIpc) is 2.94. The second-order valence-electron chi connectivity index (χ2n) is 6.27. The van der Waals surface area contributed by atoms with E-state index in [9.17, 15) is 14.4 Å². The summed E-state index contributed by atoms with van der Waals surface area (Å²) in [5.41, 5.74) is 1.38. The largest absolute Gasteiger partial charge is 0.381 e. The summed E-state index contributed by atoms with van der Waals surface area (Å²) in [6, 6.07) is 9.92. The summed E-state index contributed by atoms with van der Waals surface area (Å²) < 4.78 is 5.27. The fourth-order valence-electron chi connectivity index (χ4n) is 3.23. The van der Waals surface area contributed by atoms with Crippen LogP contribution in [0.1, 0.15) is 33.7 Å². The zero-order valence-electron chi connectivity index (χ0n) is 14.0. The van der Waals surface area contributed by atoms with Crippen molar-refractivity contribution in [1.82, 2.24) is 4.98 Å². The molecule has 0 saturated carbocycles. The van der Waals surface area contributed by atoms with Crippen LogP contribution in [-0.4, -0.2) is 35.9 Å². The van der Waals surface area contributed by atoms with E-state index in [1.54, 1.807) is 36.4 Å². The lowest BCUT2D eigenvalue weighted by atomic mass is 9.99. The number of rotatable bonds is 3. The molecule has 7 heteroatoms. The van der Waals surface area contributed by atoms with Crippen LogP contribution in [0.5, 0.6) is 0 Å². The SMILES string of the molecule is O=C(Nc1cccc(N2C(=O)c3cccnc3C2=O)c1)C1CCOCC1. The number of carbonyl (C=O) groups is 3. The summed E-state index contributed by atoms with van der Waals surface area (Å²) in [4.78, 5) is 42.6. The summed E-state index contributed by atoms with van der Waals surface area (Å²) in [5.74, 6) is -1.03. The number of hydrogen-bond donors (Lipinski definition) is 1. The Balaban J connectivity index is 1.56. The van der Waals surface area contributed by atoms with Gasteiger partial charge in [0.25, 0.3) is 11.8 Å². The van der Waals surface area contributed by atoms with Gasteiger partial charge in [0.15, 0.2) is 0 Å². The molecule has 132 valence electrons. The Morgan fingerprint density at radius 2 is 1.92 bits per heavy atom. The first kappa shape index (κ1) is 16.4. The summed E-state index contributed by atoms with van der Waals surface area (Å²) in [5, 5.41) is 2.87. The van der Waals surface area contributed by atoms with Gasteiger partial charge in [0, 0.05) is 31.0 Å². The lowest BCUT2D eigenvalue weighted by Crippen LogP contribution is -2.30. The average molecular weight is 351 g/mol. The third kappa shape index (κ3) is 2.86. The highest BCUT2D eigenvalue weighted by Crippen LogP contribution is 2.29. The Kier molecular flexibility index (Phi) is 4.22. The van der Waals surface area contributed by atoms with Crippen molar-refractivity contribution in [1.29, 1.82) is 0 Å². The lowest BCUT2D eigenvalue weighted by Gasteiger charge is -2.21. The van der Waals surface area contributed by atoms with Crippen molar-refractivity contribution in [2.45, 2.75) is 12.8 Å². The summed E-state index contributed by atoms with van der Waals surface area (Å²) in [6.45, 7) is 1.17. The number of fused-ring (bicyclic) bond motifs is 1. The molecule has 1 aromatic carbocycles. The van der Waals surface area contributed by atoms with E-state index in [0.29, 0.717) is 37.4 Å². The van der Waals surface area contributed by atoms with Gasteiger partial charge in [-0.15, -0.1) is 0 Å². The Hall–Kier alpha value is -3.06.